The van der Waals surface area contributed by atoms with Crippen molar-refractivity contribution in [3.05, 3.63) is 11.2 Å². The molecule has 1 aromatic heterocycles. The molecule has 0 aliphatic heterocycles. The van der Waals surface area contributed by atoms with Gasteiger partial charge in [0.15, 0.2) is 5.82 Å². The van der Waals surface area contributed by atoms with E-state index >= 15 is 0 Å². The first-order valence-electron chi connectivity index (χ1n) is 5.40. The fourth-order valence-electron chi connectivity index (χ4n) is 1.31. The van der Waals surface area contributed by atoms with E-state index in [1.807, 2.05) is 0 Å². The van der Waals surface area contributed by atoms with Crippen LogP contribution in [0.2, 0.25) is 5.02 Å². The summed E-state index contributed by atoms with van der Waals surface area (Å²) in [4.78, 5) is 8.08. The topological polar surface area (TPSA) is 56.3 Å². The molecule has 17 heavy (non-hydrogen) atoms. The number of anilines is 1. The van der Waals surface area contributed by atoms with Crippen LogP contribution in [0.1, 0.15) is 13.8 Å². The summed E-state index contributed by atoms with van der Waals surface area (Å²) in [5.74, 6) is 0.959. The highest BCUT2D eigenvalue weighted by molar-refractivity contribution is 6.32. The Kier molecular flexibility index (Phi) is 5.44. The second-order valence-electron chi connectivity index (χ2n) is 4.00. The zero-order valence-electron chi connectivity index (χ0n) is 10.5. The number of methoxy groups -OCH3 is 2. The minimum Gasteiger partial charge on any atom is -0.467 e. The second kappa shape index (κ2) is 6.61. The molecule has 1 unspecified atom stereocenters. The molecule has 0 saturated heterocycles. The van der Waals surface area contributed by atoms with E-state index in [0.29, 0.717) is 23.4 Å². The number of nitrogens with zero attached hydrogens (tertiary/aromatic N) is 2. The Morgan fingerprint density at radius 3 is 2.65 bits per heavy atom. The van der Waals surface area contributed by atoms with Crippen LogP contribution in [0.3, 0.4) is 0 Å². The van der Waals surface area contributed by atoms with Crippen molar-refractivity contribution in [2.75, 3.05) is 26.1 Å². The summed E-state index contributed by atoms with van der Waals surface area (Å²) in [6.45, 7) is 4.78. The van der Waals surface area contributed by atoms with E-state index in [9.17, 15) is 0 Å². The van der Waals surface area contributed by atoms with E-state index in [0.717, 1.165) is 0 Å². The van der Waals surface area contributed by atoms with Crippen LogP contribution in [0.5, 0.6) is 6.01 Å². The fourth-order valence-corrected chi connectivity index (χ4v) is 1.45. The van der Waals surface area contributed by atoms with Crippen molar-refractivity contribution in [3.63, 3.8) is 0 Å². The predicted molar refractivity (Wildman–Crippen MR) is 67.7 cm³/mol. The van der Waals surface area contributed by atoms with Crippen LogP contribution in [0, 0.1) is 5.92 Å². The maximum absolute atomic E-state index is 6.02. The molecule has 0 bridgehead atoms. The zero-order valence-corrected chi connectivity index (χ0v) is 11.3. The van der Waals surface area contributed by atoms with E-state index in [1.54, 1.807) is 7.11 Å². The lowest BCUT2D eigenvalue weighted by molar-refractivity contribution is 0.171. The van der Waals surface area contributed by atoms with Gasteiger partial charge in [0, 0.05) is 7.11 Å². The van der Waals surface area contributed by atoms with E-state index in [-0.39, 0.29) is 12.1 Å². The summed E-state index contributed by atoms with van der Waals surface area (Å²) in [7, 11) is 3.18. The summed E-state index contributed by atoms with van der Waals surface area (Å²) in [6, 6.07) is 0.425. The molecule has 1 rings (SSSR count). The lowest BCUT2D eigenvalue weighted by Gasteiger charge is -2.22. The minimum atomic E-state index is 0.136. The van der Waals surface area contributed by atoms with Crippen LogP contribution >= 0.6 is 11.6 Å². The van der Waals surface area contributed by atoms with Crippen molar-refractivity contribution in [1.82, 2.24) is 9.97 Å². The van der Waals surface area contributed by atoms with Crippen LogP contribution in [-0.2, 0) is 4.74 Å². The van der Waals surface area contributed by atoms with E-state index in [2.05, 4.69) is 29.1 Å². The van der Waals surface area contributed by atoms with Gasteiger partial charge in [-0.3, -0.25) is 0 Å². The zero-order chi connectivity index (χ0) is 12.8. The van der Waals surface area contributed by atoms with Gasteiger partial charge >= 0.3 is 6.01 Å². The Morgan fingerprint density at radius 1 is 1.41 bits per heavy atom. The van der Waals surface area contributed by atoms with Crippen molar-refractivity contribution >= 4 is 17.4 Å². The maximum Gasteiger partial charge on any atom is 0.318 e. The Morgan fingerprint density at radius 2 is 2.12 bits per heavy atom. The van der Waals surface area contributed by atoms with Gasteiger partial charge in [-0.1, -0.05) is 25.4 Å². The van der Waals surface area contributed by atoms with E-state index < -0.39 is 0 Å². The van der Waals surface area contributed by atoms with Gasteiger partial charge in [0.05, 0.1) is 26.0 Å². The third-order valence-corrected chi connectivity index (χ3v) is 2.65. The molecule has 0 saturated carbocycles. The molecule has 0 amide bonds. The van der Waals surface area contributed by atoms with Gasteiger partial charge in [-0.25, -0.2) is 4.98 Å². The molecule has 5 nitrogen and oxygen atoms in total. The van der Waals surface area contributed by atoms with Gasteiger partial charge in [-0.2, -0.15) is 4.98 Å². The normalized spacial score (nSPS) is 12.6. The van der Waals surface area contributed by atoms with Gasteiger partial charge in [-0.15, -0.1) is 0 Å². The van der Waals surface area contributed by atoms with Gasteiger partial charge in [-0.05, 0) is 5.92 Å². The first-order valence-corrected chi connectivity index (χ1v) is 5.78. The summed E-state index contributed by atoms with van der Waals surface area (Å²) >= 11 is 6.02. The van der Waals surface area contributed by atoms with Crippen molar-refractivity contribution in [1.29, 1.82) is 0 Å². The number of ether oxygens (including phenoxy) is 2. The molecule has 96 valence electrons. The molecule has 6 heteroatoms. The molecule has 0 radical (unpaired) electrons. The fraction of sp³-hybridized carbons (Fsp3) is 0.636. The van der Waals surface area contributed by atoms with Crippen LogP contribution in [-0.4, -0.2) is 36.8 Å². The Balaban J connectivity index is 2.84. The van der Waals surface area contributed by atoms with Crippen molar-refractivity contribution in [2.24, 2.45) is 5.92 Å². The Bertz CT molecular complexity index is 361. The standard InChI is InChI=1S/C11H18ClN3O2/c1-7(2)9(6-16-3)14-10-8(12)5-13-11(15-10)17-4/h5,7,9H,6H2,1-4H3,(H,13,14,15). The summed E-state index contributed by atoms with van der Waals surface area (Å²) in [5.41, 5.74) is 0. The lowest BCUT2D eigenvalue weighted by atomic mass is 10.1. The Labute approximate surface area is 107 Å². The number of aromatic nitrogens is 2. The summed E-state index contributed by atoms with van der Waals surface area (Å²) < 4.78 is 10.1. The Hall–Kier alpha value is -1.07. The summed E-state index contributed by atoms with van der Waals surface area (Å²) in [5, 5.41) is 3.70. The highest BCUT2D eigenvalue weighted by Gasteiger charge is 2.16. The van der Waals surface area contributed by atoms with E-state index in [4.69, 9.17) is 21.1 Å². The molecule has 1 heterocycles. The molecular weight excluding hydrogens is 242 g/mol. The van der Waals surface area contributed by atoms with Gasteiger partial charge in [0.1, 0.15) is 5.02 Å². The molecule has 0 spiro atoms. The monoisotopic (exact) mass is 259 g/mol. The molecule has 0 aromatic carbocycles. The average Bonchev–Trinajstić information content (AvgIpc) is 2.31. The largest absolute Gasteiger partial charge is 0.467 e. The highest BCUT2D eigenvalue weighted by Crippen LogP contribution is 2.22. The molecule has 0 aliphatic carbocycles. The average molecular weight is 260 g/mol. The molecule has 1 N–H and O–H groups in total. The number of hydrogen-bond acceptors (Lipinski definition) is 5. The molecule has 1 aromatic rings. The number of nitrogens with one attached hydrogen (secondary N) is 1. The highest BCUT2D eigenvalue weighted by atomic mass is 35.5. The van der Waals surface area contributed by atoms with Crippen molar-refractivity contribution in [2.45, 2.75) is 19.9 Å². The predicted octanol–water partition coefficient (Wildman–Crippen LogP) is 2.22. The molecule has 0 fully saturated rings. The van der Waals surface area contributed by atoms with Crippen molar-refractivity contribution in [3.8, 4) is 6.01 Å². The second-order valence-corrected chi connectivity index (χ2v) is 4.41. The molecule has 1 atom stereocenters. The summed E-state index contributed by atoms with van der Waals surface area (Å²) in [6.07, 6.45) is 1.51. The van der Waals surface area contributed by atoms with Gasteiger partial charge in [0.2, 0.25) is 0 Å². The SMILES string of the molecule is COCC(Nc1nc(OC)ncc1Cl)C(C)C. The molecule has 0 aliphatic rings. The van der Waals surface area contributed by atoms with E-state index in [1.165, 1.54) is 13.3 Å². The third-order valence-electron chi connectivity index (χ3n) is 2.38. The van der Waals surface area contributed by atoms with Gasteiger partial charge < -0.3 is 14.8 Å². The first kappa shape index (κ1) is 14.0. The van der Waals surface area contributed by atoms with Crippen molar-refractivity contribution < 1.29 is 9.47 Å². The smallest absolute Gasteiger partial charge is 0.318 e. The minimum absolute atomic E-state index is 0.136. The lowest BCUT2D eigenvalue weighted by Crippen LogP contribution is -2.31. The first-order chi connectivity index (χ1) is 8.08. The van der Waals surface area contributed by atoms with Crippen LogP contribution in [0.4, 0.5) is 5.82 Å². The molecular formula is C11H18ClN3O2. The van der Waals surface area contributed by atoms with Crippen LogP contribution in [0.15, 0.2) is 6.20 Å². The van der Waals surface area contributed by atoms with Crippen LogP contribution < -0.4 is 10.1 Å². The number of rotatable bonds is 6. The number of hydrogen-bond donors (Lipinski definition) is 1. The number of halogens is 1. The van der Waals surface area contributed by atoms with Crippen LogP contribution in [0.25, 0.3) is 0 Å². The quantitative estimate of drug-likeness (QED) is 0.849. The third kappa shape index (κ3) is 4.02. The van der Waals surface area contributed by atoms with Gasteiger partial charge in [0.25, 0.3) is 0 Å². The maximum atomic E-state index is 6.02.